The third kappa shape index (κ3) is 11.6. The SMILES string of the molecule is C=C(CC)Nc1ccccc1C.CC.CCC(C)C. The Morgan fingerprint density at radius 2 is 1.63 bits per heavy atom. The highest BCUT2D eigenvalue weighted by molar-refractivity contribution is 5.53. The van der Waals surface area contributed by atoms with Crippen molar-refractivity contribution in [3.05, 3.63) is 42.1 Å². The predicted octanol–water partition coefficient (Wildman–Crippen LogP) is 6.41. The molecule has 1 aromatic rings. The smallest absolute Gasteiger partial charge is 0.0411 e. The van der Waals surface area contributed by atoms with E-state index in [0.717, 1.165) is 23.7 Å². The van der Waals surface area contributed by atoms with Gasteiger partial charge in [-0.3, -0.25) is 0 Å². The zero-order valence-electron chi connectivity index (χ0n) is 14.0. The molecule has 110 valence electrons. The molecule has 0 spiro atoms. The van der Waals surface area contributed by atoms with Crippen molar-refractivity contribution >= 4 is 5.69 Å². The van der Waals surface area contributed by atoms with E-state index in [0.29, 0.717) is 0 Å². The molecule has 0 radical (unpaired) electrons. The second kappa shape index (κ2) is 13.2. The van der Waals surface area contributed by atoms with Gasteiger partial charge in [-0.05, 0) is 30.9 Å². The van der Waals surface area contributed by atoms with Crippen LogP contribution in [0, 0.1) is 12.8 Å². The average Bonchev–Trinajstić information content (AvgIpc) is 2.44. The van der Waals surface area contributed by atoms with Crippen LogP contribution in [0.1, 0.15) is 59.9 Å². The summed E-state index contributed by atoms with van der Waals surface area (Å²) in [5, 5.41) is 3.27. The van der Waals surface area contributed by atoms with Crippen molar-refractivity contribution in [2.45, 2.75) is 61.3 Å². The highest BCUT2D eigenvalue weighted by Gasteiger charge is 1.95. The normalized spacial score (nSPS) is 8.84. The third-order valence-electron chi connectivity index (χ3n) is 2.70. The van der Waals surface area contributed by atoms with Crippen molar-refractivity contribution in [3.8, 4) is 0 Å². The van der Waals surface area contributed by atoms with Gasteiger partial charge in [-0.1, -0.05) is 72.7 Å². The zero-order chi connectivity index (χ0) is 15.3. The Balaban J connectivity index is 0. The molecule has 1 nitrogen and oxygen atoms in total. The van der Waals surface area contributed by atoms with E-state index in [1.165, 1.54) is 12.0 Å². The van der Waals surface area contributed by atoms with E-state index in [1.54, 1.807) is 0 Å². The first-order chi connectivity index (χ1) is 9.01. The minimum absolute atomic E-state index is 0.884. The van der Waals surface area contributed by atoms with E-state index < -0.39 is 0 Å². The van der Waals surface area contributed by atoms with E-state index in [1.807, 2.05) is 26.0 Å². The molecule has 0 saturated carbocycles. The molecule has 0 heterocycles. The summed E-state index contributed by atoms with van der Waals surface area (Å²) in [4.78, 5) is 0. The first kappa shape index (κ1) is 20.1. The first-order valence-corrected chi connectivity index (χ1v) is 7.51. The van der Waals surface area contributed by atoms with Gasteiger partial charge in [0.1, 0.15) is 0 Å². The van der Waals surface area contributed by atoms with Crippen LogP contribution in [0.5, 0.6) is 0 Å². The molecule has 19 heavy (non-hydrogen) atoms. The summed E-state index contributed by atoms with van der Waals surface area (Å²) >= 11 is 0. The molecule has 0 saturated heterocycles. The lowest BCUT2D eigenvalue weighted by Gasteiger charge is -2.09. The Hall–Kier alpha value is -1.24. The second-order valence-electron chi connectivity index (χ2n) is 4.70. The lowest BCUT2D eigenvalue weighted by molar-refractivity contribution is 0.626. The number of benzene rings is 1. The summed E-state index contributed by atoms with van der Waals surface area (Å²) in [5.41, 5.74) is 3.47. The maximum Gasteiger partial charge on any atom is 0.0411 e. The van der Waals surface area contributed by atoms with Gasteiger partial charge < -0.3 is 5.32 Å². The second-order valence-corrected chi connectivity index (χ2v) is 4.70. The van der Waals surface area contributed by atoms with Crippen LogP contribution in [0.2, 0.25) is 0 Å². The van der Waals surface area contributed by atoms with Crippen LogP contribution in [-0.4, -0.2) is 0 Å². The summed E-state index contributed by atoms with van der Waals surface area (Å²) < 4.78 is 0. The molecule has 0 aliphatic rings. The lowest BCUT2D eigenvalue weighted by atomic mass is 10.2. The number of nitrogens with one attached hydrogen (secondary N) is 1. The molecular formula is C18H33N. The van der Waals surface area contributed by atoms with Crippen molar-refractivity contribution < 1.29 is 0 Å². The number of aryl methyl sites for hydroxylation is 1. The molecule has 0 atom stereocenters. The number of para-hydroxylation sites is 1. The standard InChI is InChI=1S/C11H15N.C5H12.C2H6/c1-4-10(3)12-11-8-6-5-7-9(11)2;1-4-5(2)3;1-2/h5-8,12H,3-4H2,1-2H3;5H,4H2,1-3H3;1-2H3. The van der Waals surface area contributed by atoms with Crippen molar-refractivity contribution in [2.75, 3.05) is 5.32 Å². The molecule has 1 N–H and O–H groups in total. The third-order valence-corrected chi connectivity index (χ3v) is 2.70. The van der Waals surface area contributed by atoms with Gasteiger partial charge in [0.2, 0.25) is 0 Å². The Morgan fingerprint density at radius 1 is 1.16 bits per heavy atom. The molecule has 0 aliphatic heterocycles. The maximum atomic E-state index is 3.90. The van der Waals surface area contributed by atoms with Crippen LogP contribution in [0.4, 0.5) is 5.69 Å². The van der Waals surface area contributed by atoms with Gasteiger partial charge in [0.05, 0.1) is 0 Å². The van der Waals surface area contributed by atoms with Crippen LogP contribution in [0.25, 0.3) is 0 Å². The highest BCUT2D eigenvalue weighted by Crippen LogP contribution is 2.15. The lowest BCUT2D eigenvalue weighted by Crippen LogP contribution is -1.97. The summed E-state index contributed by atoms with van der Waals surface area (Å²) in [7, 11) is 0. The van der Waals surface area contributed by atoms with Gasteiger partial charge in [0.25, 0.3) is 0 Å². The van der Waals surface area contributed by atoms with Crippen molar-refractivity contribution in [2.24, 2.45) is 5.92 Å². The molecule has 0 amide bonds. The molecule has 0 aliphatic carbocycles. The molecule has 0 unspecified atom stereocenters. The number of hydrogen-bond acceptors (Lipinski definition) is 1. The Morgan fingerprint density at radius 3 is 2.00 bits per heavy atom. The van der Waals surface area contributed by atoms with Crippen LogP contribution in [-0.2, 0) is 0 Å². The van der Waals surface area contributed by atoms with E-state index >= 15 is 0 Å². The minimum atomic E-state index is 0.884. The van der Waals surface area contributed by atoms with Crippen LogP contribution in [0.3, 0.4) is 0 Å². The topological polar surface area (TPSA) is 12.0 Å². The summed E-state index contributed by atoms with van der Waals surface area (Å²) in [5.74, 6) is 0.884. The van der Waals surface area contributed by atoms with Crippen LogP contribution in [0.15, 0.2) is 36.5 Å². The van der Waals surface area contributed by atoms with Crippen LogP contribution < -0.4 is 5.32 Å². The molecule has 0 fully saturated rings. The largest absolute Gasteiger partial charge is 0.359 e. The Bertz CT molecular complexity index is 326. The van der Waals surface area contributed by atoms with Gasteiger partial charge in [-0.25, -0.2) is 0 Å². The number of hydrogen-bond donors (Lipinski definition) is 1. The van der Waals surface area contributed by atoms with Crippen molar-refractivity contribution in [1.82, 2.24) is 0 Å². The van der Waals surface area contributed by atoms with Gasteiger partial charge in [-0.2, -0.15) is 0 Å². The van der Waals surface area contributed by atoms with E-state index in [-0.39, 0.29) is 0 Å². The minimum Gasteiger partial charge on any atom is -0.359 e. The predicted molar refractivity (Wildman–Crippen MR) is 90.7 cm³/mol. The molecule has 0 aromatic heterocycles. The Labute approximate surface area is 121 Å². The summed E-state index contributed by atoms with van der Waals surface area (Å²) in [6.07, 6.45) is 2.27. The fourth-order valence-corrected chi connectivity index (χ4v) is 0.992. The first-order valence-electron chi connectivity index (χ1n) is 7.51. The quantitative estimate of drug-likeness (QED) is 0.662. The zero-order valence-corrected chi connectivity index (χ0v) is 14.0. The molecule has 1 rings (SSSR count). The van der Waals surface area contributed by atoms with Crippen molar-refractivity contribution in [1.29, 1.82) is 0 Å². The molecule has 0 bridgehead atoms. The number of anilines is 1. The average molecular weight is 263 g/mol. The van der Waals surface area contributed by atoms with E-state index in [2.05, 4.69) is 58.6 Å². The van der Waals surface area contributed by atoms with Gasteiger partial charge in [0, 0.05) is 11.4 Å². The summed E-state index contributed by atoms with van der Waals surface area (Å²) in [6.45, 7) is 18.7. The fraction of sp³-hybridized carbons (Fsp3) is 0.556. The molecule has 1 heteroatoms. The van der Waals surface area contributed by atoms with Gasteiger partial charge in [0.15, 0.2) is 0 Å². The molecule has 1 aromatic carbocycles. The Kier molecular flexibility index (Phi) is 14.0. The number of rotatable bonds is 4. The van der Waals surface area contributed by atoms with E-state index in [4.69, 9.17) is 0 Å². The number of allylic oxidation sites excluding steroid dienone is 1. The highest BCUT2D eigenvalue weighted by atomic mass is 14.9. The monoisotopic (exact) mass is 263 g/mol. The van der Waals surface area contributed by atoms with E-state index in [9.17, 15) is 0 Å². The maximum absolute atomic E-state index is 3.90. The molecular weight excluding hydrogens is 230 g/mol. The van der Waals surface area contributed by atoms with Gasteiger partial charge in [-0.15, -0.1) is 0 Å². The van der Waals surface area contributed by atoms with Crippen LogP contribution >= 0.6 is 0 Å². The van der Waals surface area contributed by atoms with Crippen molar-refractivity contribution in [3.63, 3.8) is 0 Å². The summed E-state index contributed by atoms with van der Waals surface area (Å²) in [6, 6.07) is 8.22. The fourth-order valence-electron chi connectivity index (χ4n) is 0.992. The van der Waals surface area contributed by atoms with Gasteiger partial charge >= 0.3 is 0 Å².